The molecular formula is C14H16N4S. The Morgan fingerprint density at radius 1 is 1.05 bits per heavy atom. The van der Waals surface area contributed by atoms with Crippen molar-refractivity contribution in [3.8, 4) is 0 Å². The fourth-order valence-corrected chi connectivity index (χ4v) is 1.96. The van der Waals surface area contributed by atoms with Crippen LogP contribution in [-0.2, 0) is 0 Å². The highest BCUT2D eigenvalue weighted by Crippen LogP contribution is 2.21. The summed E-state index contributed by atoms with van der Waals surface area (Å²) < 4.78 is 0. The SMILES string of the molecule is Cc1ccc(Nc2nc(C)ccc2C(N)=S)c(C)n1. The molecule has 0 atom stereocenters. The average molecular weight is 272 g/mol. The summed E-state index contributed by atoms with van der Waals surface area (Å²) in [5, 5.41) is 3.25. The van der Waals surface area contributed by atoms with E-state index in [1.54, 1.807) is 0 Å². The van der Waals surface area contributed by atoms with E-state index in [1.807, 2.05) is 45.0 Å². The first-order valence-corrected chi connectivity index (χ1v) is 6.37. The summed E-state index contributed by atoms with van der Waals surface area (Å²) >= 11 is 5.04. The minimum absolute atomic E-state index is 0.327. The molecule has 0 amide bonds. The maximum atomic E-state index is 5.72. The molecule has 2 rings (SSSR count). The standard InChI is InChI=1S/C14H16N4S/c1-8-5-7-12(10(3)16-8)18-14-11(13(15)19)6-4-9(2)17-14/h4-7H,1-3H3,(H2,15,19)(H,17,18). The summed E-state index contributed by atoms with van der Waals surface area (Å²) in [5.41, 5.74) is 10.2. The van der Waals surface area contributed by atoms with Gasteiger partial charge in [0.25, 0.3) is 0 Å². The Balaban J connectivity index is 2.42. The van der Waals surface area contributed by atoms with Crippen molar-refractivity contribution in [1.82, 2.24) is 9.97 Å². The first-order chi connectivity index (χ1) is 8.97. The zero-order valence-corrected chi connectivity index (χ0v) is 12.0. The molecule has 0 aliphatic carbocycles. The Hall–Kier alpha value is -2.01. The summed E-state index contributed by atoms with van der Waals surface area (Å²) in [6, 6.07) is 7.69. The van der Waals surface area contributed by atoms with Crippen LogP contribution >= 0.6 is 12.2 Å². The van der Waals surface area contributed by atoms with Crippen molar-refractivity contribution >= 4 is 28.7 Å². The number of nitrogens with two attached hydrogens (primary N) is 1. The van der Waals surface area contributed by atoms with Crippen molar-refractivity contribution < 1.29 is 0 Å². The van der Waals surface area contributed by atoms with E-state index in [9.17, 15) is 0 Å². The number of anilines is 2. The molecule has 19 heavy (non-hydrogen) atoms. The Morgan fingerprint density at radius 3 is 2.32 bits per heavy atom. The molecule has 0 saturated heterocycles. The lowest BCUT2D eigenvalue weighted by atomic mass is 10.2. The van der Waals surface area contributed by atoms with Crippen LogP contribution < -0.4 is 11.1 Å². The predicted molar refractivity (Wildman–Crippen MR) is 81.9 cm³/mol. The van der Waals surface area contributed by atoms with Gasteiger partial charge in [-0.25, -0.2) is 4.98 Å². The Kier molecular flexibility index (Phi) is 3.76. The molecule has 2 aromatic heterocycles. The second-order valence-corrected chi connectivity index (χ2v) is 4.86. The Morgan fingerprint density at radius 2 is 1.68 bits per heavy atom. The molecule has 2 aromatic rings. The minimum Gasteiger partial charge on any atom is -0.389 e. The summed E-state index contributed by atoms with van der Waals surface area (Å²) in [5.74, 6) is 0.668. The smallest absolute Gasteiger partial charge is 0.140 e. The summed E-state index contributed by atoms with van der Waals surface area (Å²) in [4.78, 5) is 9.19. The molecule has 0 fully saturated rings. The van der Waals surface area contributed by atoms with E-state index >= 15 is 0 Å². The van der Waals surface area contributed by atoms with Gasteiger partial charge >= 0.3 is 0 Å². The van der Waals surface area contributed by atoms with Crippen LogP contribution in [0.4, 0.5) is 11.5 Å². The number of thiocarbonyl (C=S) groups is 1. The van der Waals surface area contributed by atoms with E-state index in [4.69, 9.17) is 18.0 Å². The molecular weight excluding hydrogens is 256 g/mol. The molecule has 0 aromatic carbocycles. The van der Waals surface area contributed by atoms with Crippen LogP contribution in [0, 0.1) is 20.8 Å². The van der Waals surface area contributed by atoms with Crippen LogP contribution in [0.2, 0.25) is 0 Å². The number of hydrogen-bond acceptors (Lipinski definition) is 4. The second kappa shape index (κ2) is 5.32. The van der Waals surface area contributed by atoms with Crippen LogP contribution in [0.25, 0.3) is 0 Å². The lowest BCUT2D eigenvalue weighted by Crippen LogP contribution is -2.13. The largest absolute Gasteiger partial charge is 0.389 e. The van der Waals surface area contributed by atoms with Gasteiger partial charge in [-0.2, -0.15) is 0 Å². The average Bonchev–Trinajstić information content (AvgIpc) is 2.32. The third-order valence-electron chi connectivity index (χ3n) is 2.78. The normalized spacial score (nSPS) is 10.3. The minimum atomic E-state index is 0.327. The van der Waals surface area contributed by atoms with Crippen molar-refractivity contribution in [1.29, 1.82) is 0 Å². The van der Waals surface area contributed by atoms with Gasteiger partial charge in [0, 0.05) is 11.4 Å². The molecule has 98 valence electrons. The monoisotopic (exact) mass is 272 g/mol. The molecule has 4 nitrogen and oxygen atoms in total. The van der Waals surface area contributed by atoms with Crippen molar-refractivity contribution in [3.05, 3.63) is 46.9 Å². The first-order valence-electron chi connectivity index (χ1n) is 5.96. The number of rotatable bonds is 3. The molecule has 2 heterocycles. The fourth-order valence-electron chi connectivity index (χ4n) is 1.80. The Bertz CT molecular complexity index is 637. The number of hydrogen-bond donors (Lipinski definition) is 2. The molecule has 0 aliphatic rings. The molecule has 0 unspecified atom stereocenters. The topological polar surface area (TPSA) is 63.8 Å². The highest BCUT2D eigenvalue weighted by molar-refractivity contribution is 7.80. The van der Waals surface area contributed by atoms with Gasteiger partial charge < -0.3 is 11.1 Å². The zero-order chi connectivity index (χ0) is 14.0. The molecule has 0 spiro atoms. The van der Waals surface area contributed by atoms with E-state index in [2.05, 4.69) is 15.3 Å². The maximum absolute atomic E-state index is 5.72. The third kappa shape index (κ3) is 3.06. The molecule has 0 aliphatic heterocycles. The maximum Gasteiger partial charge on any atom is 0.140 e. The quantitative estimate of drug-likeness (QED) is 0.841. The number of aryl methyl sites for hydroxylation is 3. The van der Waals surface area contributed by atoms with Gasteiger partial charge in [0.15, 0.2) is 0 Å². The first kappa shape index (κ1) is 13.4. The van der Waals surface area contributed by atoms with E-state index in [0.29, 0.717) is 10.8 Å². The number of aromatic nitrogens is 2. The third-order valence-corrected chi connectivity index (χ3v) is 3.00. The summed E-state index contributed by atoms with van der Waals surface area (Å²) in [6.07, 6.45) is 0. The lowest BCUT2D eigenvalue weighted by Gasteiger charge is -2.12. The van der Waals surface area contributed by atoms with Gasteiger partial charge in [0.05, 0.1) is 16.9 Å². The molecule has 5 heteroatoms. The van der Waals surface area contributed by atoms with Gasteiger partial charge in [-0.15, -0.1) is 0 Å². The van der Waals surface area contributed by atoms with E-state index in [-0.39, 0.29) is 0 Å². The highest BCUT2D eigenvalue weighted by atomic mass is 32.1. The number of pyridine rings is 2. The van der Waals surface area contributed by atoms with Gasteiger partial charge in [-0.3, -0.25) is 4.98 Å². The fraction of sp³-hybridized carbons (Fsp3) is 0.214. The molecule has 0 bridgehead atoms. The summed E-state index contributed by atoms with van der Waals surface area (Å²) in [6.45, 7) is 5.84. The zero-order valence-electron chi connectivity index (χ0n) is 11.2. The molecule has 0 saturated carbocycles. The number of nitrogens with zero attached hydrogens (tertiary/aromatic N) is 2. The van der Waals surface area contributed by atoms with Crippen LogP contribution in [0.1, 0.15) is 22.6 Å². The number of nitrogens with one attached hydrogen (secondary N) is 1. The van der Waals surface area contributed by atoms with E-state index in [0.717, 1.165) is 28.3 Å². The molecule has 0 radical (unpaired) electrons. The van der Waals surface area contributed by atoms with Crippen molar-refractivity contribution in [2.24, 2.45) is 5.73 Å². The second-order valence-electron chi connectivity index (χ2n) is 4.42. The van der Waals surface area contributed by atoms with Gasteiger partial charge in [-0.05, 0) is 45.0 Å². The van der Waals surface area contributed by atoms with Crippen molar-refractivity contribution in [2.75, 3.05) is 5.32 Å². The van der Waals surface area contributed by atoms with Crippen molar-refractivity contribution in [3.63, 3.8) is 0 Å². The Labute approximate surface area is 118 Å². The van der Waals surface area contributed by atoms with Crippen LogP contribution in [0.5, 0.6) is 0 Å². The van der Waals surface area contributed by atoms with Gasteiger partial charge in [-0.1, -0.05) is 12.2 Å². The van der Waals surface area contributed by atoms with Crippen LogP contribution in [-0.4, -0.2) is 15.0 Å². The van der Waals surface area contributed by atoms with Gasteiger partial charge in [0.1, 0.15) is 10.8 Å². The van der Waals surface area contributed by atoms with Crippen LogP contribution in [0.15, 0.2) is 24.3 Å². The lowest BCUT2D eigenvalue weighted by molar-refractivity contribution is 1.11. The van der Waals surface area contributed by atoms with Gasteiger partial charge in [0.2, 0.25) is 0 Å². The van der Waals surface area contributed by atoms with Crippen LogP contribution in [0.3, 0.4) is 0 Å². The highest BCUT2D eigenvalue weighted by Gasteiger charge is 2.09. The predicted octanol–water partition coefficient (Wildman–Crippen LogP) is 2.78. The van der Waals surface area contributed by atoms with Crippen molar-refractivity contribution in [2.45, 2.75) is 20.8 Å². The summed E-state index contributed by atoms with van der Waals surface area (Å²) in [7, 11) is 0. The molecule has 3 N–H and O–H groups in total. The van der Waals surface area contributed by atoms with E-state index in [1.165, 1.54) is 0 Å². The van der Waals surface area contributed by atoms with E-state index < -0.39 is 0 Å².